The Morgan fingerprint density at radius 2 is 2.25 bits per heavy atom. The maximum Gasteiger partial charge on any atom is 0.270 e. The first-order valence-corrected chi connectivity index (χ1v) is 9.51. The van der Waals surface area contributed by atoms with E-state index in [4.69, 9.17) is 4.74 Å². The Hall–Kier alpha value is -1.47. The number of hydrogen-bond acceptors (Lipinski definition) is 5. The number of carbonyl (C=O) groups is 2. The second-order valence-corrected chi connectivity index (χ2v) is 8.38. The van der Waals surface area contributed by atoms with Gasteiger partial charge < -0.3 is 15.0 Å². The van der Waals surface area contributed by atoms with Gasteiger partial charge in [-0.2, -0.15) is 0 Å². The Balaban J connectivity index is 1.31. The van der Waals surface area contributed by atoms with Crippen LogP contribution in [0.25, 0.3) is 0 Å². The molecule has 1 aromatic rings. The summed E-state index contributed by atoms with van der Waals surface area (Å²) in [4.78, 5) is 30.7. The molecule has 2 aliphatic heterocycles. The van der Waals surface area contributed by atoms with Crippen molar-refractivity contribution in [1.29, 1.82) is 0 Å². The average Bonchev–Trinajstić information content (AvgIpc) is 2.95. The molecule has 1 aliphatic carbocycles. The van der Waals surface area contributed by atoms with Crippen molar-refractivity contribution in [1.82, 2.24) is 15.2 Å². The molecular formula is C17H23N3O3S. The second-order valence-electron chi connectivity index (χ2n) is 7.32. The molecule has 2 amide bonds. The van der Waals surface area contributed by atoms with E-state index in [9.17, 15) is 9.59 Å². The molecule has 2 unspecified atom stereocenters. The van der Waals surface area contributed by atoms with Crippen LogP contribution in [0.15, 0.2) is 5.38 Å². The van der Waals surface area contributed by atoms with E-state index >= 15 is 0 Å². The van der Waals surface area contributed by atoms with E-state index in [1.807, 2.05) is 11.8 Å². The Morgan fingerprint density at radius 1 is 1.46 bits per heavy atom. The first kappa shape index (κ1) is 16.0. The summed E-state index contributed by atoms with van der Waals surface area (Å²) in [7, 11) is 0. The minimum Gasteiger partial charge on any atom is -0.376 e. The third-order valence-electron chi connectivity index (χ3n) is 5.55. The van der Waals surface area contributed by atoms with Gasteiger partial charge in [0.25, 0.3) is 5.91 Å². The molecule has 130 valence electrons. The van der Waals surface area contributed by atoms with E-state index < -0.39 is 0 Å². The van der Waals surface area contributed by atoms with Crippen LogP contribution in [0.4, 0.5) is 0 Å². The van der Waals surface area contributed by atoms with Crippen LogP contribution in [-0.4, -0.2) is 54.0 Å². The Kier molecular flexibility index (Phi) is 4.08. The average molecular weight is 349 g/mol. The molecule has 1 aromatic heterocycles. The van der Waals surface area contributed by atoms with Gasteiger partial charge >= 0.3 is 0 Å². The zero-order chi connectivity index (χ0) is 16.8. The molecule has 1 saturated carbocycles. The molecule has 24 heavy (non-hydrogen) atoms. The largest absolute Gasteiger partial charge is 0.376 e. The summed E-state index contributed by atoms with van der Waals surface area (Å²) in [5.74, 6) is 1.54. The molecule has 3 fully saturated rings. The first-order chi connectivity index (χ1) is 11.5. The fourth-order valence-electron chi connectivity index (χ4n) is 3.87. The van der Waals surface area contributed by atoms with E-state index in [-0.39, 0.29) is 23.8 Å². The zero-order valence-corrected chi connectivity index (χ0v) is 14.8. The van der Waals surface area contributed by atoms with Crippen molar-refractivity contribution in [3.8, 4) is 0 Å². The number of aryl methyl sites for hydroxylation is 1. The number of amides is 2. The van der Waals surface area contributed by atoms with Crippen molar-refractivity contribution < 1.29 is 14.3 Å². The Labute approximate surface area is 145 Å². The van der Waals surface area contributed by atoms with E-state index in [1.54, 1.807) is 5.38 Å². The molecule has 7 heteroatoms. The lowest BCUT2D eigenvalue weighted by atomic mass is 9.93. The summed E-state index contributed by atoms with van der Waals surface area (Å²) in [6, 6.07) is 0. The molecular weight excluding hydrogens is 326 g/mol. The number of likely N-dealkylation sites (tertiary alicyclic amines) is 1. The van der Waals surface area contributed by atoms with Gasteiger partial charge in [-0.25, -0.2) is 4.98 Å². The van der Waals surface area contributed by atoms with Gasteiger partial charge in [-0.05, 0) is 19.3 Å². The van der Waals surface area contributed by atoms with E-state index in [0.717, 1.165) is 18.0 Å². The quantitative estimate of drug-likeness (QED) is 0.890. The SMILES string of the molecule is Cc1nc(C(=O)NC[C@@H]2CO[C@@H]3CN(C(=O)C4CC4C)C[C@H]23)cs1. The molecule has 0 radical (unpaired) electrons. The van der Waals surface area contributed by atoms with Crippen molar-refractivity contribution >= 4 is 23.2 Å². The van der Waals surface area contributed by atoms with Crippen LogP contribution < -0.4 is 5.32 Å². The minimum atomic E-state index is -0.125. The van der Waals surface area contributed by atoms with Gasteiger partial charge in [-0.15, -0.1) is 11.3 Å². The van der Waals surface area contributed by atoms with Crippen molar-refractivity contribution in [2.45, 2.75) is 26.4 Å². The Bertz CT molecular complexity index is 661. The molecule has 6 nitrogen and oxygen atoms in total. The fraction of sp³-hybridized carbons (Fsp3) is 0.706. The number of carbonyl (C=O) groups excluding carboxylic acids is 2. The molecule has 3 aliphatic rings. The van der Waals surface area contributed by atoms with Crippen LogP contribution in [0, 0.1) is 30.6 Å². The zero-order valence-electron chi connectivity index (χ0n) is 14.0. The molecule has 5 atom stereocenters. The fourth-order valence-corrected chi connectivity index (χ4v) is 4.46. The van der Waals surface area contributed by atoms with Gasteiger partial charge in [0.2, 0.25) is 5.91 Å². The summed E-state index contributed by atoms with van der Waals surface area (Å²) >= 11 is 1.48. The van der Waals surface area contributed by atoms with E-state index in [1.165, 1.54) is 11.3 Å². The maximum absolute atomic E-state index is 12.4. The summed E-state index contributed by atoms with van der Waals surface area (Å²) < 4.78 is 5.88. The number of fused-ring (bicyclic) bond motifs is 1. The first-order valence-electron chi connectivity index (χ1n) is 8.63. The van der Waals surface area contributed by atoms with Crippen molar-refractivity contribution in [3.05, 3.63) is 16.1 Å². The number of nitrogens with one attached hydrogen (secondary N) is 1. The normalized spacial score (nSPS) is 34.2. The molecule has 0 aromatic carbocycles. The number of ether oxygens (including phenoxy) is 1. The van der Waals surface area contributed by atoms with E-state index in [2.05, 4.69) is 17.2 Å². The van der Waals surface area contributed by atoms with E-state index in [0.29, 0.717) is 43.1 Å². The van der Waals surface area contributed by atoms with Crippen LogP contribution in [0.1, 0.15) is 28.8 Å². The van der Waals surface area contributed by atoms with Crippen LogP contribution >= 0.6 is 11.3 Å². The molecule has 0 bridgehead atoms. The smallest absolute Gasteiger partial charge is 0.270 e. The van der Waals surface area contributed by atoms with Crippen molar-refractivity contribution in [2.75, 3.05) is 26.2 Å². The minimum absolute atomic E-state index is 0.125. The van der Waals surface area contributed by atoms with Gasteiger partial charge in [0.15, 0.2) is 0 Å². The number of hydrogen-bond donors (Lipinski definition) is 1. The van der Waals surface area contributed by atoms with Crippen molar-refractivity contribution in [2.24, 2.45) is 23.7 Å². The molecule has 2 saturated heterocycles. The monoisotopic (exact) mass is 349 g/mol. The predicted molar refractivity (Wildman–Crippen MR) is 89.8 cm³/mol. The lowest BCUT2D eigenvalue weighted by molar-refractivity contribution is -0.132. The van der Waals surface area contributed by atoms with Gasteiger partial charge in [0.05, 0.1) is 17.7 Å². The lowest BCUT2D eigenvalue weighted by Crippen LogP contribution is -2.36. The van der Waals surface area contributed by atoms with Crippen LogP contribution in [-0.2, 0) is 9.53 Å². The third kappa shape index (κ3) is 2.95. The number of nitrogens with zero attached hydrogens (tertiary/aromatic N) is 2. The highest BCUT2D eigenvalue weighted by Gasteiger charge is 2.49. The second kappa shape index (κ2) is 6.11. The van der Waals surface area contributed by atoms with Crippen LogP contribution in [0.3, 0.4) is 0 Å². The summed E-state index contributed by atoms with van der Waals surface area (Å²) in [5, 5.41) is 5.65. The summed E-state index contributed by atoms with van der Waals surface area (Å²) in [5.41, 5.74) is 0.485. The third-order valence-corrected chi connectivity index (χ3v) is 6.33. The number of aromatic nitrogens is 1. The highest BCUT2D eigenvalue weighted by Crippen LogP contribution is 2.41. The van der Waals surface area contributed by atoms with Gasteiger partial charge in [0.1, 0.15) is 5.69 Å². The number of thiazole rings is 1. The highest BCUT2D eigenvalue weighted by molar-refractivity contribution is 7.09. The highest BCUT2D eigenvalue weighted by atomic mass is 32.1. The Morgan fingerprint density at radius 3 is 2.92 bits per heavy atom. The molecule has 0 spiro atoms. The standard InChI is InChI=1S/C17H23N3O3S/c1-9-3-12(9)17(22)20-5-13-11(7-23-15(13)6-20)4-18-16(21)14-8-24-10(2)19-14/h8-9,11-13,15H,3-7H2,1-2H3,(H,18,21)/t9?,11-,12?,13-,15-/m1/s1. The van der Waals surface area contributed by atoms with Crippen LogP contribution in [0.5, 0.6) is 0 Å². The summed E-state index contributed by atoms with van der Waals surface area (Å²) in [6.07, 6.45) is 1.16. The van der Waals surface area contributed by atoms with Crippen molar-refractivity contribution in [3.63, 3.8) is 0 Å². The molecule has 3 heterocycles. The maximum atomic E-state index is 12.4. The molecule has 4 rings (SSSR count). The predicted octanol–water partition coefficient (Wildman–Crippen LogP) is 1.31. The van der Waals surface area contributed by atoms with Crippen LogP contribution in [0.2, 0.25) is 0 Å². The number of rotatable bonds is 4. The molecule has 1 N–H and O–H groups in total. The van der Waals surface area contributed by atoms with Gasteiger partial charge in [-0.3, -0.25) is 9.59 Å². The van der Waals surface area contributed by atoms with Gasteiger partial charge in [-0.1, -0.05) is 6.92 Å². The van der Waals surface area contributed by atoms with Gasteiger partial charge in [0, 0.05) is 42.8 Å². The topological polar surface area (TPSA) is 71.5 Å². The summed E-state index contributed by atoms with van der Waals surface area (Å²) in [6.45, 7) is 6.74. The lowest BCUT2D eigenvalue weighted by Gasteiger charge is -2.20.